The Kier molecular flexibility index (Phi) is 6.51. The molecule has 39 heavy (non-hydrogen) atoms. The van der Waals surface area contributed by atoms with E-state index in [2.05, 4.69) is 15.0 Å². The lowest BCUT2D eigenvalue weighted by molar-refractivity contribution is -0.141. The molecule has 3 aromatic heterocycles. The van der Waals surface area contributed by atoms with Gasteiger partial charge in [0.25, 0.3) is 5.91 Å². The molecule has 2 N–H and O–H groups in total. The molecule has 0 saturated heterocycles. The lowest BCUT2D eigenvalue weighted by Crippen LogP contribution is -2.32. The first-order valence-electron chi connectivity index (χ1n) is 11.7. The van der Waals surface area contributed by atoms with Crippen molar-refractivity contribution in [3.8, 4) is 0 Å². The Labute approximate surface area is 221 Å². The van der Waals surface area contributed by atoms with Crippen molar-refractivity contribution in [3.63, 3.8) is 0 Å². The van der Waals surface area contributed by atoms with Gasteiger partial charge in [-0.25, -0.2) is 18.4 Å². The van der Waals surface area contributed by atoms with Crippen molar-refractivity contribution in [3.05, 3.63) is 82.8 Å². The molecule has 0 bridgehead atoms. The predicted octanol–water partition coefficient (Wildman–Crippen LogP) is 4.47. The van der Waals surface area contributed by atoms with Gasteiger partial charge in [-0.05, 0) is 48.4 Å². The van der Waals surface area contributed by atoms with Crippen LogP contribution in [-0.4, -0.2) is 35.5 Å². The van der Waals surface area contributed by atoms with E-state index in [-0.39, 0.29) is 28.9 Å². The Morgan fingerprint density at radius 3 is 2.62 bits per heavy atom. The number of nitrogens with zero attached hydrogens (tertiary/aromatic N) is 4. The zero-order valence-electron chi connectivity index (χ0n) is 20.7. The van der Waals surface area contributed by atoms with Crippen LogP contribution < -0.4 is 10.6 Å². The van der Waals surface area contributed by atoms with Crippen molar-refractivity contribution in [2.75, 3.05) is 16.9 Å². The highest BCUT2D eigenvalue weighted by atomic mass is 32.2. The molecule has 5 rings (SSSR count). The fourth-order valence-electron chi connectivity index (χ4n) is 4.57. The zero-order chi connectivity index (χ0) is 28.1. The average Bonchev–Trinajstić information content (AvgIpc) is 3.28. The normalized spacial score (nSPS) is 15.4. The Morgan fingerprint density at radius 1 is 1.18 bits per heavy atom. The molecule has 1 atom stereocenters. The standard InChI is InChI=1S/C26H22F3N5O4S/c1-14-22-17-7-5-15(10-19(17)33-23(30)18(22)13-38-14)12-34(20-4-3-9-31-24(20)39(2,36)37)25(35)16-6-8-21(32-11-16)26(27,28)29/h3-11,14H,12-13H2,1-2H3,(H2,30,33). The molecule has 0 saturated carbocycles. The number of fused-ring (bicyclic) bond motifs is 3. The molecule has 0 aliphatic carbocycles. The number of nitrogens with two attached hydrogens (primary N) is 1. The van der Waals surface area contributed by atoms with Gasteiger partial charge in [0.05, 0.1) is 36.0 Å². The summed E-state index contributed by atoms with van der Waals surface area (Å²) in [6.07, 6.45) is -1.84. The highest BCUT2D eigenvalue weighted by Gasteiger charge is 2.33. The Bertz CT molecular complexity index is 1710. The fraction of sp³-hybridized carbons (Fsp3) is 0.231. The average molecular weight is 558 g/mol. The van der Waals surface area contributed by atoms with Crippen molar-refractivity contribution in [2.24, 2.45) is 0 Å². The fourth-order valence-corrected chi connectivity index (χ4v) is 5.38. The van der Waals surface area contributed by atoms with E-state index in [0.717, 1.165) is 39.9 Å². The summed E-state index contributed by atoms with van der Waals surface area (Å²) in [6, 6.07) is 9.86. The number of sulfone groups is 1. The van der Waals surface area contributed by atoms with Crippen LogP contribution in [0.2, 0.25) is 0 Å². The van der Waals surface area contributed by atoms with Gasteiger partial charge in [-0.2, -0.15) is 13.2 Å². The van der Waals surface area contributed by atoms with Gasteiger partial charge in [-0.15, -0.1) is 0 Å². The maximum Gasteiger partial charge on any atom is 0.433 e. The van der Waals surface area contributed by atoms with Crippen molar-refractivity contribution < 1.29 is 31.1 Å². The Hall–Kier alpha value is -4.10. The van der Waals surface area contributed by atoms with Gasteiger partial charge in [0, 0.05) is 29.6 Å². The smallest absolute Gasteiger partial charge is 0.383 e. The van der Waals surface area contributed by atoms with E-state index in [1.165, 1.54) is 18.3 Å². The molecule has 13 heteroatoms. The number of amides is 1. The molecule has 4 aromatic rings. The molecule has 1 aliphatic heterocycles. The van der Waals surface area contributed by atoms with Crippen LogP contribution in [0.4, 0.5) is 24.7 Å². The number of aromatic nitrogens is 3. The van der Waals surface area contributed by atoms with Gasteiger partial charge in [-0.3, -0.25) is 9.78 Å². The summed E-state index contributed by atoms with van der Waals surface area (Å²) in [7, 11) is -3.88. The van der Waals surface area contributed by atoms with Crippen molar-refractivity contribution >= 4 is 38.2 Å². The van der Waals surface area contributed by atoms with E-state index in [0.29, 0.717) is 29.6 Å². The van der Waals surface area contributed by atoms with E-state index in [1.54, 1.807) is 12.1 Å². The third kappa shape index (κ3) is 5.02. The van der Waals surface area contributed by atoms with Gasteiger partial charge in [0.15, 0.2) is 14.9 Å². The van der Waals surface area contributed by atoms with Crippen molar-refractivity contribution in [1.29, 1.82) is 0 Å². The number of hydrogen-bond donors (Lipinski definition) is 1. The van der Waals surface area contributed by atoms with Crippen LogP contribution >= 0.6 is 0 Å². The summed E-state index contributed by atoms with van der Waals surface area (Å²) < 4.78 is 69.8. The summed E-state index contributed by atoms with van der Waals surface area (Å²) in [5.41, 5.74) is 7.67. The SMILES string of the molecule is CC1OCc2c(N)nc3cc(CN(C(=O)c4ccc(C(F)(F)F)nc4)c4cccnc4S(C)(=O)=O)ccc3c21. The van der Waals surface area contributed by atoms with Gasteiger partial charge >= 0.3 is 6.18 Å². The quantitative estimate of drug-likeness (QED) is 0.381. The maximum atomic E-state index is 13.6. The lowest BCUT2D eigenvalue weighted by atomic mass is 9.99. The first-order valence-corrected chi connectivity index (χ1v) is 13.6. The summed E-state index contributed by atoms with van der Waals surface area (Å²) in [6.45, 7) is 2.12. The minimum atomic E-state index is -4.68. The number of carbonyl (C=O) groups is 1. The van der Waals surface area contributed by atoms with Crippen LogP contribution in [0.15, 0.2) is 59.9 Å². The predicted molar refractivity (Wildman–Crippen MR) is 136 cm³/mol. The topological polar surface area (TPSA) is 128 Å². The number of anilines is 2. The van der Waals surface area contributed by atoms with Gasteiger partial charge in [-0.1, -0.05) is 12.1 Å². The minimum absolute atomic E-state index is 0.0338. The van der Waals surface area contributed by atoms with E-state index >= 15 is 0 Å². The number of nitrogen functional groups attached to an aromatic ring is 1. The largest absolute Gasteiger partial charge is 0.433 e. The molecular weight excluding hydrogens is 535 g/mol. The van der Waals surface area contributed by atoms with Crippen LogP contribution in [0, 0.1) is 0 Å². The number of carbonyl (C=O) groups excluding carboxylic acids is 1. The second kappa shape index (κ2) is 9.58. The van der Waals surface area contributed by atoms with Gasteiger partial charge in [0.1, 0.15) is 11.5 Å². The van der Waals surface area contributed by atoms with E-state index < -0.39 is 27.6 Å². The van der Waals surface area contributed by atoms with E-state index in [4.69, 9.17) is 10.5 Å². The first kappa shape index (κ1) is 26.5. The maximum absolute atomic E-state index is 13.6. The number of pyridine rings is 3. The molecule has 1 aromatic carbocycles. The van der Waals surface area contributed by atoms with Crippen molar-refractivity contribution in [1.82, 2.24) is 15.0 Å². The first-order chi connectivity index (χ1) is 18.3. The summed E-state index contributed by atoms with van der Waals surface area (Å²) in [4.78, 5) is 26.6. The van der Waals surface area contributed by atoms with Crippen LogP contribution in [0.25, 0.3) is 10.9 Å². The molecule has 1 amide bonds. The number of rotatable bonds is 5. The highest BCUT2D eigenvalue weighted by molar-refractivity contribution is 7.90. The summed E-state index contributed by atoms with van der Waals surface area (Å²) in [5.74, 6) is -0.438. The molecule has 0 fully saturated rings. The van der Waals surface area contributed by atoms with E-state index in [9.17, 15) is 26.4 Å². The zero-order valence-corrected chi connectivity index (χ0v) is 21.5. The third-order valence-electron chi connectivity index (χ3n) is 6.39. The molecule has 4 heterocycles. The van der Waals surface area contributed by atoms with Gasteiger partial charge < -0.3 is 15.4 Å². The van der Waals surface area contributed by atoms with Crippen LogP contribution in [0.3, 0.4) is 0 Å². The monoisotopic (exact) mass is 557 g/mol. The molecule has 1 unspecified atom stereocenters. The third-order valence-corrected chi connectivity index (χ3v) is 7.41. The lowest BCUT2D eigenvalue weighted by Gasteiger charge is -2.25. The highest BCUT2D eigenvalue weighted by Crippen LogP contribution is 2.38. The molecule has 1 aliphatic rings. The van der Waals surface area contributed by atoms with Crippen molar-refractivity contribution in [2.45, 2.75) is 37.4 Å². The number of hydrogen-bond acceptors (Lipinski definition) is 8. The number of alkyl halides is 3. The minimum Gasteiger partial charge on any atom is -0.383 e. The molecule has 202 valence electrons. The second-order valence-corrected chi connectivity index (χ2v) is 11.0. The van der Waals surface area contributed by atoms with Crippen LogP contribution in [0.5, 0.6) is 0 Å². The van der Waals surface area contributed by atoms with Crippen LogP contribution in [-0.2, 0) is 33.9 Å². The molecular formula is C26H22F3N5O4S. The Balaban J connectivity index is 1.60. The van der Waals surface area contributed by atoms with E-state index in [1.807, 2.05) is 13.0 Å². The van der Waals surface area contributed by atoms with Crippen LogP contribution in [0.1, 0.15) is 45.8 Å². The molecule has 9 nitrogen and oxygen atoms in total. The molecule has 0 spiro atoms. The Morgan fingerprint density at radius 2 is 1.95 bits per heavy atom. The summed E-state index contributed by atoms with van der Waals surface area (Å²) in [5, 5.41) is 0.473. The molecule has 0 radical (unpaired) electrons. The second-order valence-electron chi connectivity index (χ2n) is 9.12. The van der Waals surface area contributed by atoms with Gasteiger partial charge in [0.2, 0.25) is 0 Å². The number of halogens is 3. The number of ether oxygens (including phenoxy) is 1. The number of benzene rings is 1. The summed E-state index contributed by atoms with van der Waals surface area (Å²) >= 11 is 0.